The van der Waals surface area contributed by atoms with Crippen LogP contribution < -0.4 is 15.4 Å². The van der Waals surface area contributed by atoms with E-state index in [9.17, 15) is 9.59 Å². The van der Waals surface area contributed by atoms with Crippen LogP contribution in [0.25, 0.3) is 10.2 Å². The number of anilines is 2. The molecule has 1 aliphatic rings. The molecule has 0 atom stereocenters. The number of hydrogen-bond donors (Lipinski definition) is 2. The van der Waals surface area contributed by atoms with Gasteiger partial charge in [-0.05, 0) is 56.2 Å². The average Bonchev–Trinajstić information content (AvgIpc) is 3.48. The maximum Gasteiger partial charge on any atom is 0.236 e. The number of thioether (sulfide) groups is 1. The summed E-state index contributed by atoms with van der Waals surface area (Å²) < 4.78 is 6.47. The molecule has 1 saturated carbocycles. The molecule has 1 heterocycles. The fraction of sp³-hybridized carbons (Fsp3) is 0.286. The van der Waals surface area contributed by atoms with Crippen LogP contribution in [0, 0.1) is 5.92 Å². The first-order valence-electron chi connectivity index (χ1n) is 9.47. The standard InChI is InChI=1S/C21H21N3O3S2/c1-2-27-15-8-9-17-18(11-15)29-21(23-17)24-19(25)12-28-16-5-3-4-14(10-16)22-20(26)13-6-7-13/h3-5,8-11,13H,2,6-7,12H2,1H3,(H,22,26)(H,23,24,25). The monoisotopic (exact) mass is 427 g/mol. The van der Waals surface area contributed by atoms with Crippen molar-refractivity contribution in [1.29, 1.82) is 0 Å². The van der Waals surface area contributed by atoms with Gasteiger partial charge in [-0.3, -0.25) is 9.59 Å². The summed E-state index contributed by atoms with van der Waals surface area (Å²) in [6, 6.07) is 13.3. The Bertz CT molecular complexity index is 1050. The molecule has 1 fully saturated rings. The largest absolute Gasteiger partial charge is 0.494 e. The van der Waals surface area contributed by atoms with Crippen molar-refractivity contribution in [2.45, 2.75) is 24.7 Å². The summed E-state index contributed by atoms with van der Waals surface area (Å²) in [5, 5.41) is 6.36. The van der Waals surface area contributed by atoms with Gasteiger partial charge in [0, 0.05) is 16.5 Å². The van der Waals surface area contributed by atoms with Crippen molar-refractivity contribution in [3.05, 3.63) is 42.5 Å². The van der Waals surface area contributed by atoms with Crippen LogP contribution >= 0.6 is 23.1 Å². The number of ether oxygens (including phenoxy) is 1. The molecule has 0 aliphatic heterocycles. The van der Waals surface area contributed by atoms with Gasteiger partial charge in [0.25, 0.3) is 0 Å². The molecule has 8 heteroatoms. The minimum atomic E-state index is -0.119. The van der Waals surface area contributed by atoms with Gasteiger partial charge >= 0.3 is 0 Å². The van der Waals surface area contributed by atoms with Crippen molar-refractivity contribution < 1.29 is 14.3 Å². The number of amides is 2. The summed E-state index contributed by atoms with van der Waals surface area (Å²) in [5.74, 6) is 1.18. The van der Waals surface area contributed by atoms with Crippen molar-refractivity contribution in [2.24, 2.45) is 5.92 Å². The summed E-state index contributed by atoms with van der Waals surface area (Å²) in [6.45, 7) is 2.55. The van der Waals surface area contributed by atoms with Crippen molar-refractivity contribution in [3.63, 3.8) is 0 Å². The predicted octanol–water partition coefficient (Wildman–Crippen LogP) is 4.77. The Morgan fingerprint density at radius 1 is 1.21 bits per heavy atom. The van der Waals surface area contributed by atoms with E-state index in [1.165, 1.54) is 23.1 Å². The van der Waals surface area contributed by atoms with E-state index < -0.39 is 0 Å². The summed E-state index contributed by atoms with van der Waals surface area (Å²) in [6.07, 6.45) is 1.94. The summed E-state index contributed by atoms with van der Waals surface area (Å²) >= 11 is 2.85. The molecule has 3 aromatic rings. The minimum Gasteiger partial charge on any atom is -0.494 e. The number of carbonyl (C=O) groups excluding carboxylic acids is 2. The maximum absolute atomic E-state index is 12.3. The Hall–Kier alpha value is -2.58. The first kappa shape index (κ1) is 19.7. The van der Waals surface area contributed by atoms with E-state index in [1.54, 1.807) is 0 Å². The number of nitrogens with zero attached hydrogens (tertiary/aromatic N) is 1. The first-order valence-corrected chi connectivity index (χ1v) is 11.3. The van der Waals surface area contributed by atoms with Gasteiger partial charge in [-0.2, -0.15) is 0 Å². The van der Waals surface area contributed by atoms with Crippen LogP contribution in [-0.4, -0.2) is 29.2 Å². The SMILES string of the molecule is CCOc1ccc2nc(NC(=O)CSc3cccc(NC(=O)C4CC4)c3)sc2c1. The van der Waals surface area contributed by atoms with Gasteiger partial charge in [-0.25, -0.2) is 4.98 Å². The molecule has 0 unspecified atom stereocenters. The highest BCUT2D eigenvalue weighted by molar-refractivity contribution is 8.00. The van der Waals surface area contributed by atoms with Gasteiger partial charge in [-0.15, -0.1) is 11.8 Å². The van der Waals surface area contributed by atoms with Gasteiger partial charge < -0.3 is 15.4 Å². The second kappa shape index (κ2) is 8.84. The lowest BCUT2D eigenvalue weighted by Gasteiger charge is -2.07. The van der Waals surface area contributed by atoms with E-state index in [2.05, 4.69) is 15.6 Å². The topological polar surface area (TPSA) is 80.3 Å². The number of carbonyl (C=O) groups is 2. The zero-order chi connectivity index (χ0) is 20.2. The van der Waals surface area contributed by atoms with Crippen LogP contribution in [0.2, 0.25) is 0 Å². The number of thiazole rings is 1. The van der Waals surface area contributed by atoms with E-state index in [4.69, 9.17) is 4.74 Å². The molecule has 150 valence electrons. The van der Waals surface area contributed by atoms with Crippen LogP contribution in [0.4, 0.5) is 10.8 Å². The van der Waals surface area contributed by atoms with Gasteiger partial charge in [0.2, 0.25) is 11.8 Å². The molecule has 29 heavy (non-hydrogen) atoms. The van der Waals surface area contributed by atoms with Crippen molar-refractivity contribution in [2.75, 3.05) is 23.0 Å². The van der Waals surface area contributed by atoms with Crippen LogP contribution in [0.15, 0.2) is 47.4 Å². The summed E-state index contributed by atoms with van der Waals surface area (Å²) in [7, 11) is 0. The quantitative estimate of drug-likeness (QED) is 0.506. The number of hydrogen-bond acceptors (Lipinski definition) is 6. The molecular weight excluding hydrogens is 406 g/mol. The van der Waals surface area contributed by atoms with Crippen molar-refractivity contribution in [1.82, 2.24) is 4.98 Å². The minimum absolute atomic E-state index is 0.0771. The highest BCUT2D eigenvalue weighted by Gasteiger charge is 2.29. The van der Waals surface area contributed by atoms with Crippen molar-refractivity contribution >= 4 is 55.9 Å². The molecule has 0 spiro atoms. The number of benzene rings is 2. The third-order valence-corrected chi connectivity index (χ3v) is 6.26. The molecule has 6 nitrogen and oxygen atoms in total. The number of rotatable bonds is 8. The number of nitrogens with one attached hydrogen (secondary N) is 2. The van der Waals surface area contributed by atoms with Crippen molar-refractivity contribution in [3.8, 4) is 5.75 Å². The van der Waals surface area contributed by atoms with Gasteiger partial charge in [-0.1, -0.05) is 17.4 Å². The van der Waals surface area contributed by atoms with E-state index in [1.807, 2.05) is 49.4 Å². The molecule has 2 aromatic carbocycles. The Morgan fingerprint density at radius 2 is 2.07 bits per heavy atom. The Morgan fingerprint density at radius 3 is 2.86 bits per heavy atom. The second-order valence-corrected chi connectivity index (χ2v) is 8.79. The number of fused-ring (bicyclic) bond motifs is 1. The summed E-state index contributed by atoms with van der Waals surface area (Å²) in [4.78, 5) is 29.6. The van der Waals surface area contributed by atoms with Crippen LogP contribution in [-0.2, 0) is 9.59 Å². The molecular formula is C21H21N3O3S2. The van der Waals surface area contributed by atoms with Crippen LogP contribution in [0.3, 0.4) is 0 Å². The second-order valence-electron chi connectivity index (χ2n) is 6.71. The Labute approximate surface area is 177 Å². The molecule has 4 rings (SSSR count). The fourth-order valence-electron chi connectivity index (χ4n) is 2.77. The highest BCUT2D eigenvalue weighted by Crippen LogP contribution is 2.31. The lowest BCUT2D eigenvalue weighted by Crippen LogP contribution is -2.14. The molecule has 2 amide bonds. The fourth-order valence-corrected chi connectivity index (χ4v) is 4.44. The highest BCUT2D eigenvalue weighted by atomic mass is 32.2. The molecule has 2 N–H and O–H groups in total. The molecule has 1 aliphatic carbocycles. The predicted molar refractivity (Wildman–Crippen MR) is 118 cm³/mol. The van der Waals surface area contributed by atoms with E-state index in [0.29, 0.717) is 11.7 Å². The van der Waals surface area contributed by atoms with Crippen LogP contribution in [0.5, 0.6) is 5.75 Å². The third kappa shape index (κ3) is 5.27. The van der Waals surface area contributed by atoms with E-state index in [-0.39, 0.29) is 23.5 Å². The molecule has 0 radical (unpaired) electrons. The maximum atomic E-state index is 12.3. The van der Waals surface area contributed by atoms with E-state index in [0.717, 1.165) is 39.4 Å². The number of aromatic nitrogens is 1. The molecule has 0 saturated heterocycles. The normalized spacial score (nSPS) is 13.3. The van der Waals surface area contributed by atoms with Crippen LogP contribution in [0.1, 0.15) is 19.8 Å². The van der Waals surface area contributed by atoms with Gasteiger partial charge in [0.1, 0.15) is 5.75 Å². The Balaban J connectivity index is 1.32. The zero-order valence-corrected chi connectivity index (χ0v) is 17.6. The zero-order valence-electron chi connectivity index (χ0n) is 15.9. The lowest BCUT2D eigenvalue weighted by atomic mass is 10.3. The molecule has 0 bridgehead atoms. The lowest BCUT2D eigenvalue weighted by molar-refractivity contribution is -0.117. The van der Waals surface area contributed by atoms with Gasteiger partial charge in [0.05, 0.1) is 22.6 Å². The van der Waals surface area contributed by atoms with E-state index >= 15 is 0 Å². The third-order valence-electron chi connectivity index (χ3n) is 4.34. The Kier molecular flexibility index (Phi) is 6.01. The molecule has 1 aromatic heterocycles. The van der Waals surface area contributed by atoms with Gasteiger partial charge in [0.15, 0.2) is 5.13 Å². The smallest absolute Gasteiger partial charge is 0.236 e. The average molecular weight is 428 g/mol. The summed E-state index contributed by atoms with van der Waals surface area (Å²) in [5.41, 5.74) is 1.60. The first-order chi connectivity index (χ1) is 14.1.